The standard InChI is InChI=1S/5C11H20.C2H6.CH4/c5*1-8-3-10-5-9(2)6-11(4-8)7-10;1-2;/h5*8-11H,3-7H2,1-2H3;1-2H3;1H4. The van der Waals surface area contributed by atoms with E-state index in [0.29, 0.717) is 0 Å². The molecular weight excluding hydrogens is 697 g/mol. The Labute approximate surface area is 368 Å². The monoisotopic (exact) mass is 807 g/mol. The first-order chi connectivity index (χ1) is 27.2. The first-order valence-corrected chi connectivity index (χ1v) is 27.2. The number of hydrogen-bond donors (Lipinski definition) is 0. The van der Waals surface area contributed by atoms with Gasteiger partial charge in [-0.2, -0.15) is 0 Å². The Balaban J connectivity index is 0.000000158. The van der Waals surface area contributed by atoms with Crippen LogP contribution in [0.3, 0.4) is 0 Å². The van der Waals surface area contributed by atoms with Gasteiger partial charge in [0.25, 0.3) is 0 Å². The Hall–Kier alpha value is 0. The van der Waals surface area contributed by atoms with Crippen molar-refractivity contribution in [2.45, 2.75) is 251 Å². The van der Waals surface area contributed by atoms with Crippen LogP contribution in [-0.2, 0) is 0 Å². The van der Waals surface area contributed by atoms with Crippen LogP contribution in [0.25, 0.3) is 0 Å². The van der Waals surface area contributed by atoms with Gasteiger partial charge in [0, 0.05) is 0 Å². The smallest absolute Gasteiger partial charge is 0.0407 e. The molecule has 10 aliphatic carbocycles. The van der Waals surface area contributed by atoms with Crippen molar-refractivity contribution in [3.8, 4) is 0 Å². The second kappa shape index (κ2) is 24.7. The van der Waals surface area contributed by atoms with Gasteiger partial charge < -0.3 is 0 Å². The number of rotatable bonds is 0. The van der Waals surface area contributed by atoms with E-state index in [1.807, 2.05) is 13.8 Å². The average Bonchev–Trinajstić information content (AvgIpc) is 3.07. The van der Waals surface area contributed by atoms with Gasteiger partial charge in [-0.05, 0) is 279 Å². The molecule has 10 fully saturated rings. The highest BCUT2D eigenvalue weighted by Crippen LogP contribution is 2.48. The van der Waals surface area contributed by atoms with Gasteiger partial charge in [-0.15, -0.1) is 0 Å². The van der Waals surface area contributed by atoms with Crippen LogP contribution < -0.4 is 0 Å². The summed E-state index contributed by atoms with van der Waals surface area (Å²) in [4.78, 5) is 0. The number of hydrogen-bond acceptors (Lipinski definition) is 0. The molecule has 10 rings (SSSR count). The van der Waals surface area contributed by atoms with E-state index in [4.69, 9.17) is 0 Å². The quantitative estimate of drug-likeness (QED) is 0.229. The van der Waals surface area contributed by atoms with Crippen molar-refractivity contribution < 1.29 is 0 Å². The normalized spacial score (nSPS) is 48.2. The van der Waals surface area contributed by atoms with Gasteiger partial charge in [0.15, 0.2) is 0 Å². The van der Waals surface area contributed by atoms with E-state index in [0.717, 1.165) is 118 Å². The molecular formula is C58H110. The SMILES string of the molecule is C.CC.CC1CC2CC(C)CC(C1)C2.CC1CC2CC(C)CC(C1)C2.CC1CC2CC(C)CC(C1)C2.CC1CC2CC(C)CC(C1)C2.CC1CC2CC(C)CC(C1)C2. The summed E-state index contributed by atoms with van der Waals surface area (Å²) >= 11 is 0. The lowest BCUT2D eigenvalue weighted by molar-refractivity contribution is 0.111. The summed E-state index contributed by atoms with van der Waals surface area (Å²) in [6, 6.07) is 0. The molecule has 0 radical (unpaired) electrons. The van der Waals surface area contributed by atoms with Crippen molar-refractivity contribution in [3.05, 3.63) is 0 Å². The van der Waals surface area contributed by atoms with E-state index in [9.17, 15) is 0 Å². The molecule has 0 heterocycles. The fraction of sp³-hybridized carbons (Fsp3) is 1.00. The third kappa shape index (κ3) is 16.9. The molecule has 0 N–H and O–H groups in total. The lowest BCUT2D eigenvalue weighted by Crippen LogP contribution is -2.29. The average molecular weight is 808 g/mol. The molecule has 0 amide bonds. The fourth-order valence-corrected chi connectivity index (χ4v) is 17.6. The first-order valence-electron chi connectivity index (χ1n) is 27.2. The van der Waals surface area contributed by atoms with Gasteiger partial charge in [-0.25, -0.2) is 0 Å². The minimum atomic E-state index is 0. The minimum absolute atomic E-state index is 0. The van der Waals surface area contributed by atoms with Crippen LogP contribution in [0, 0.1) is 118 Å². The molecule has 0 saturated heterocycles. The van der Waals surface area contributed by atoms with Gasteiger partial charge in [0.05, 0.1) is 0 Å². The van der Waals surface area contributed by atoms with E-state index < -0.39 is 0 Å². The van der Waals surface area contributed by atoms with Crippen molar-refractivity contribution in [3.63, 3.8) is 0 Å². The Bertz CT molecular complexity index is 725. The molecule has 10 saturated carbocycles. The van der Waals surface area contributed by atoms with Gasteiger partial charge >= 0.3 is 0 Å². The zero-order valence-corrected chi connectivity index (χ0v) is 41.2. The lowest BCUT2D eigenvalue weighted by atomic mass is 9.65. The molecule has 58 heavy (non-hydrogen) atoms. The molecule has 0 spiro atoms. The zero-order chi connectivity index (χ0) is 41.2. The Kier molecular flexibility index (Phi) is 21.6. The Morgan fingerprint density at radius 1 is 0.155 bits per heavy atom. The summed E-state index contributed by atoms with van der Waals surface area (Å²) in [5.74, 6) is 21.4. The van der Waals surface area contributed by atoms with Crippen LogP contribution >= 0.6 is 0 Å². The second-order valence-corrected chi connectivity index (χ2v) is 25.6. The maximum absolute atomic E-state index is 2.44. The highest BCUT2D eigenvalue weighted by molar-refractivity contribution is 4.87. The third-order valence-electron chi connectivity index (χ3n) is 18.0. The van der Waals surface area contributed by atoms with Crippen LogP contribution in [0.1, 0.15) is 251 Å². The molecule has 0 aromatic heterocycles. The minimum Gasteiger partial charge on any atom is -0.0776 e. The summed E-state index contributed by atoms with van der Waals surface area (Å²) in [7, 11) is 0. The van der Waals surface area contributed by atoms with E-state index in [-0.39, 0.29) is 7.43 Å². The van der Waals surface area contributed by atoms with Crippen LogP contribution in [-0.4, -0.2) is 0 Å². The van der Waals surface area contributed by atoms with Gasteiger partial charge in [-0.1, -0.05) is 90.5 Å². The molecule has 0 aromatic carbocycles. The van der Waals surface area contributed by atoms with Crippen LogP contribution in [0.4, 0.5) is 0 Å². The largest absolute Gasteiger partial charge is 0.0776 e. The van der Waals surface area contributed by atoms with Crippen LogP contribution in [0.5, 0.6) is 0 Å². The number of fused-ring (bicyclic) bond motifs is 10. The highest BCUT2D eigenvalue weighted by atomic mass is 14.4. The first kappa shape index (κ1) is 50.6. The van der Waals surface area contributed by atoms with Crippen molar-refractivity contribution in [2.24, 2.45) is 118 Å². The Morgan fingerprint density at radius 2 is 0.224 bits per heavy atom. The summed E-state index contributed by atoms with van der Waals surface area (Å²) < 4.78 is 0. The lowest BCUT2D eigenvalue weighted by Gasteiger charge is -2.40. The molecule has 0 heteroatoms. The van der Waals surface area contributed by atoms with Gasteiger partial charge in [0.1, 0.15) is 0 Å². The van der Waals surface area contributed by atoms with E-state index in [2.05, 4.69) is 69.2 Å². The molecule has 10 aliphatic rings. The molecule has 10 bridgehead atoms. The summed E-state index contributed by atoms with van der Waals surface area (Å²) in [6.07, 6.45) is 38.4. The third-order valence-corrected chi connectivity index (χ3v) is 18.0. The van der Waals surface area contributed by atoms with Crippen molar-refractivity contribution in [1.29, 1.82) is 0 Å². The maximum Gasteiger partial charge on any atom is -0.0407 e. The van der Waals surface area contributed by atoms with Gasteiger partial charge in [0.2, 0.25) is 0 Å². The van der Waals surface area contributed by atoms with E-state index >= 15 is 0 Å². The van der Waals surface area contributed by atoms with Crippen molar-refractivity contribution in [1.82, 2.24) is 0 Å². The second-order valence-electron chi connectivity index (χ2n) is 25.6. The summed E-state index contributed by atoms with van der Waals surface area (Å²) in [6.45, 7) is 28.4. The molecule has 0 unspecified atom stereocenters. The van der Waals surface area contributed by atoms with Crippen molar-refractivity contribution >= 4 is 0 Å². The predicted octanol–water partition coefficient (Wildman–Crippen LogP) is 19.0. The fourth-order valence-electron chi connectivity index (χ4n) is 17.6. The summed E-state index contributed by atoms with van der Waals surface area (Å²) in [5, 5.41) is 0. The van der Waals surface area contributed by atoms with Crippen molar-refractivity contribution in [2.75, 3.05) is 0 Å². The topological polar surface area (TPSA) is 0 Å². The molecule has 0 atom stereocenters. The molecule has 0 aromatic rings. The molecule has 0 aliphatic heterocycles. The van der Waals surface area contributed by atoms with Gasteiger partial charge in [-0.3, -0.25) is 0 Å². The summed E-state index contributed by atoms with van der Waals surface area (Å²) in [5.41, 5.74) is 0. The van der Waals surface area contributed by atoms with E-state index in [1.165, 1.54) is 128 Å². The van der Waals surface area contributed by atoms with Crippen LogP contribution in [0.15, 0.2) is 0 Å². The Morgan fingerprint density at radius 3 is 0.293 bits per heavy atom. The van der Waals surface area contributed by atoms with E-state index in [1.54, 1.807) is 32.1 Å². The molecule has 342 valence electrons. The predicted molar refractivity (Wildman–Crippen MR) is 260 cm³/mol. The maximum atomic E-state index is 2.44. The zero-order valence-electron chi connectivity index (χ0n) is 41.2. The van der Waals surface area contributed by atoms with Crippen LogP contribution in [0.2, 0.25) is 0 Å². The molecule has 0 nitrogen and oxygen atoms in total. The highest BCUT2D eigenvalue weighted by Gasteiger charge is 2.36.